The van der Waals surface area contributed by atoms with Crippen molar-refractivity contribution in [1.29, 1.82) is 0 Å². The SMILES string of the molecule is Cl.O=C(O[C@@]12CCC(=O)[C@@H]3Oc4c(O)ccc5c4[C@@]31CCN(CC1CC1)[C@@H]2C5)c1ccccn1. The number of aromatic hydroxyl groups is 1. The molecule has 2 aromatic rings. The Kier molecular flexibility index (Phi) is 4.78. The van der Waals surface area contributed by atoms with Gasteiger partial charge in [-0.1, -0.05) is 12.1 Å². The Morgan fingerprint density at radius 2 is 2.09 bits per heavy atom. The first-order chi connectivity index (χ1) is 16.0. The van der Waals surface area contributed by atoms with E-state index >= 15 is 0 Å². The zero-order chi connectivity index (χ0) is 22.4. The number of nitrogens with zero attached hydrogens (tertiary/aromatic N) is 2. The van der Waals surface area contributed by atoms with Crippen molar-refractivity contribution in [2.75, 3.05) is 13.1 Å². The number of phenols is 1. The van der Waals surface area contributed by atoms with Crippen molar-refractivity contribution >= 4 is 24.2 Å². The lowest BCUT2D eigenvalue weighted by Gasteiger charge is -2.63. The van der Waals surface area contributed by atoms with Gasteiger partial charge in [0.2, 0.25) is 0 Å². The molecule has 0 unspecified atom stereocenters. The van der Waals surface area contributed by atoms with Gasteiger partial charge in [-0.05, 0) is 68.3 Å². The van der Waals surface area contributed by atoms with Crippen LogP contribution in [0.4, 0.5) is 0 Å². The Labute approximate surface area is 203 Å². The minimum absolute atomic E-state index is 0. The number of carbonyl (C=O) groups is 2. The number of ether oxygens (including phenoxy) is 2. The van der Waals surface area contributed by atoms with Crippen molar-refractivity contribution in [3.8, 4) is 11.5 Å². The quantitative estimate of drug-likeness (QED) is 0.669. The van der Waals surface area contributed by atoms with Gasteiger partial charge in [-0.2, -0.15) is 0 Å². The number of phenolic OH excluding ortho intramolecular Hbond substituents is 1. The molecule has 3 heterocycles. The largest absolute Gasteiger partial charge is 0.504 e. The lowest BCUT2D eigenvalue weighted by atomic mass is 9.48. The number of halogens is 1. The lowest BCUT2D eigenvalue weighted by Crippen LogP contribution is -2.77. The van der Waals surface area contributed by atoms with Crippen LogP contribution in [-0.2, 0) is 21.4 Å². The predicted molar refractivity (Wildman–Crippen MR) is 124 cm³/mol. The second kappa shape index (κ2) is 7.43. The van der Waals surface area contributed by atoms with E-state index in [4.69, 9.17) is 9.47 Å². The van der Waals surface area contributed by atoms with Crippen LogP contribution in [0.2, 0.25) is 0 Å². The van der Waals surface area contributed by atoms with E-state index in [0.29, 0.717) is 37.4 Å². The molecule has 2 saturated carbocycles. The molecule has 7 rings (SSSR count). The molecule has 1 N–H and O–H groups in total. The topological polar surface area (TPSA) is 89.0 Å². The molecule has 1 aromatic carbocycles. The molecule has 7 nitrogen and oxygen atoms in total. The van der Waals surface area contributed by atoms with Gasteiger partial charge in [0.15, 0.2) is 23.4 Å². The standard InChI is InChI=1S/C26H26N2O5.ClH/c29-18-7-6-16-13-20-26(33-24(31)17-3-1-2-11-27-17)9-8-19(30)23-25(26,21(16)22(18)32-23)10-12-28(20)14-15-4-5-15;/h1-3,6-7,11,15,20,23,29H,4-5,8-10,12-14H2;1H/t20-,23+,25+,26-;/m1./s1. The van der Waals surface area contributed by atoms with Crippen molar-refractivity contribution in [2.45, 2.75) is 61.7 Å². The number of ketones is 1. The van der Waals surface area contributed by atoms with Crippen LogP contribution in [0.1, 0.15) is 53.7 Å². The van der Waals surface area contributed by atoms with Crippen LogP contribution in [0.25, 0.3) is 0 Å². The second-order valence-corrected chi connectivity index (χ2v) is 10.3. The van der Waals surface area contributed by atoms with E-state index in [1.54, 1.807) is 30.5 Å². The fourth-order valence-electron chi connectivity index (χ4n) is 7.14. The van der Waals surface area contributed by atoms with Crippen molar-refractivity contribution in [3.63, 3.8) is 0 Å². The van der Waals surface area contributed by atoms with Gasteiger partial charge in [-0.15, -0.1) is 12.4 Å². The third kappa shape index (κ3) is 2.71. The molecule has 8 heteroatoms. The van der Waals surface area contributed by atoms with Gasteiger partial charge in [0.1, 0.15) is 11.3 Å². The van der Waals surface area contributed by atoms with E-state index < -0.39 is 23.1 Å². The third-order valence-electron chi connectivity index (χ3n) is 8.67. The van der Waals surface area contributed by atoms with E-state index in [2.05, 4.69) is 9.88 Å². The number of rotatable bonds is 4. The molecule has 4 atom stereocenters. The summed E-state index contributed by atoms with van der Waals surface area (Å²) < 4.78 is 12.8. The molecule has 1 saturated heterocycles. The molecule has 178 valence electrons. The number of aromatic nitrogens is 1. The van der Waals surface area contributed by atoms with Crippen LogP contribution in [-0.4, -0.2) is 57.6 Å². The minimum Gasteiger partial charge on any atom is -0.504 e. The summed E-state index contributed by atoms with van der Waals surface area (Å²) in [4.78, 5) is 33.4. The zero-order valence-electron chi connectivity index (χ0n) is 18.7. The summed E-state index contributed by atoms with van der Waals surface area (Å²) in [7, 11) is 0. The molecule has 34 heavy (non-hydrogen) atoms. The van der Waals surface area contributed by atoms with E-state index in [-0.39, 0.29) is 35.7 Å². The normalized spacial score (nSPS) is 32.9. The Hall–Kier alpha value is -2.64. The monoisotopic (exact) mass is 482 g/mol. The van der Waals surface area contributed by atoms with Crippen molar-refractivity contribution in [3.05, 3.63) is 53.3 Å². The maximum Gasteiger partial charge on any atom is 0.357 e. The highest BCUT2D eigenvalue weighted by molar-refractivity contribution is 5.92. The number of esters is 1. The van der Waals surface area contributed by atoms with Gasteiger partial charge >= 0.3 is 5.97 Å². The van der Waals surface area contributed by atoms with Crippen molar-refractivity contribution in [2.24, 2.45) is 5.92 Å². The van der Waals surface area contributed by atoms with E-state index in [9.17, 15) is 14.7 Å². The van der Waals surface area contributed by atoms with Gasteiger partial charge in [0.25, 0.3) is 0 Å². The van der Waals surface area contributed by atoms with Crippen molar-refractivity contribution < 1.29 is 24.2 Å². The maximum absolute atomic E-state index is 13.4. The molecule has 1 aromatic heterocycles. The van der Waals surface area contributed by atoms with Crippen molar-refractivity contribution in [1.82, 2.24) is 9.88 Å². The fourth-order valence-corrected chi connectivity index (χ4v) is 7.14. The summed E-state index contributed by atoms with van der Waals surface area (Å²) in [6, 6.07) is 8.80. The molecule has 2 aliphatic heterocycles. The van der Waals surface area contributed by atoms with E-state index in [1.807, 2.05) is 6.07 Å². The van der Waals surface area contributed by atoms with Gasteiger partial charge in [-0.25, -0.2) is 9.78 Å². The smallest absolute Gasteiger partial charge is 0.357 e. The molecule has 0 amide bonds. The molecular formula is C26H27ClN2O5. The highest BCUT2D eigenvalue weighted by Gasteiger charge is 2.75. The summed E-state index contributed by atoms with van der Waals surface area (Å²) in [6.07, 6.45) is 5.45. The number of benzene rings is 1. The average Bonchev–Trinajstić information content (AvgIpc) is 3.57. The lowest BCUT2D eigenvalue weighted by molar-refractivity contribution is -0.190. The Balaban J connectivity index is 0.00000217. The number of piperidine rings is 1. The van der Waals surface area contributed by atoms with E-state index in [1.165, 1.54) is 12.8 Å². The fraction of sp³-hybridized carbons (Fsp3) is 0.500. The van der Waals surface area contributed by atoms with Crippen LogP contribution < -0.4 is 4.74 Å². The van der Waals surface area contributed by atoms with Crippen LogP contribution >= 0.6 is 12.4 Å². The van der Waals surface area contributed by atoms with Gasteiger partial charge < -0.3 is 14.6 Å². The Morgan fingerprint density at radius 3 is 2.85 bits per heavy atom. The van der Waals surface area contributed by atoms with E-state index in [0.717, 1.165) is 24.2 Å². The Morgan fingerprint density at radius 1 is 1.24 bits per heavy atom. The molecule has 2 bridgehead atoms. The first kappa shape index (κ1) is 21.9. The second-order valence-electron chi connectivity index (χ2n) is 10.3. The summed E-state index contributed by atoms with van der Waals surface area (Å²) in [5.74, 6) is 0.713. The third-order valence-corrected chi connectivity index (χ3v) is 8.67. The molecule has 1 spiro atoms. The summed E-state index contributed by atoms with van der Waals surface area (Å²) in [5, 5.41) is 10.7. The summed E-state index contributed by atoms with van der Waals surface area (Å²) in [5.41, 5.74) is 0.564. The highest BCUT2D eigenvalue weighted by Crippen LogP contribution is 2.66. The van der Waals surface area contributed by atoms with Gasteiger partial charge in [-0.3, -0.25) is 9.69 Å². The molecule has 3 fully saturated rings. The molecule has 5 aliphatic rings. The summed E-state index contributed by atoms with van der Waals surface area (Å²) >= 11 is 0. The minimum atomic E-state index is -0.903. The zero-order valence-corrected chi connectivity index (χ0v) is 19.6. The first-order valence-electron chi connectivity index (χ1n) is 12.0. The molecular weight excluding hydrogens is 456 g/mol. The number of carbonyl (C=O) groups excluding carboxylic acids is 2. The number of Topliss-reactive ketones (excluding diaryl/α,β-unsaturated/α-hetero) is 1. The highest BCUT2D eigenvalue weighted by atomic mass is 35.5. The maximum atomic E-state index is 13.4. The summed E-state index contributed by atoms with van der Waals surface area (Å²) in [6.45, 7) is 1.81. The van der Waals surface area contributed by atoms with Gasteiger partial charge in [0, 0.05) is 24.7 Å². The Bertz CT molecular complexity index is 1190. The number of pyridine rings is 1. The number of hydrogen-bond acceptors (Lipinski definition) is 7. The molecule has 0 radical (unpaired) electrons. The van der Waals surface area contributed by atoms with Crippen LogP contribution in [0.5, 0.6) is 11.5 Å². The predicted octanol–water partition coefficient (Wildman–Crippen LogP) is 3.21. The van der Waals surface area contributed by atoms with Crippen LogP contribution in [0, 0.1) is 5.92 Å². The average molecular weight is 483 g/mol. The molecule has 3 aliphatic carbocycles. The van der Waals surface area contributed by atoms with Crippen LogP contribution in [0.3, 0.4) is 0 Å². The number of likely N-dealkylation sites (tertiary alicyclic amines) is 1. The first-order valence-corrected chi connectivity index (χ1v) is 12.0. The van der Waals surface area contributed by atoms with Gasteiger partial charge in [0.05, 0.1) is 11.5 Å². The number of hydrogen-bond donors (Lipinski definition) is 1. The van der Waals surface area contributed by atoms with Crippen LogP contribution in [0.15, 0.2) is 36.5 Å².